The Morgan fingerprint density at radius 3 is 2.53 bits per heavy atom. The highest BCUT2D eigenvalue weighted by Gasteiger charge is 2.19. The fourth-order valence-electron chi connectivity index (χ4n) is 1.74. The zero-order chi connectivity index (χ0) is 14.5. The number of hydrogen-bond acceptors (Lipinski definition) is 3. The maximum Gasteiger partial charge on any atom is 0.407 e. The van der Waals surface area contributed by atoms with Gasteiger partial charge in [-0.15, -0.1) is 0 Å². The molecule has 0 spiro atoms. The minimum absolute atomic E-state index is 0.0284. The smallest absolute Gasteiger partial charge is 0.407 e. The SMILES string of the molecule is Cc1ccccc1CC(CS)NC(=O)OC(C)(C)C. The highest BCUT2D eigenvalue weighted by atomic mass is 32.1. The number of thiol groups is 1. The van der Waals surface area contributed by atoms with E-state index >= 15 is 0 Å². The van der Waals surface area contributed by atoms with Crippen molar-refractivity contribution in [2.45, 2.75) is 45.8 Å². The van der Waals surface area contributed by atoms with Crippen molar-refractivity contribution in [1.29, 1.82) is 0 Å². The molecule has 1 N–H and O–H groups in total. The van der Waals surface area contributed by atoms with Crippen molar-refractivity contribution in [1.82, 2.24) is 5.32 Å². The molecule has 19 heavy (non-hydrogen) atoms. The number of benzene rings is 1. The van der Waals surface area contributed by atoms with Gasteiger partial charge in [-0.05, 0) is 45.2 Å². The molecular weight excluding hydrogens is 258 g/mol. The average molecular weight is 281 g/mol. The molecule has 1 atom stereocenters. The summed E-state index contributed by atoms with van der Waals surface area (Å²) in [4.78, 5) is 11.7. The Labute approximate surface area is 121 Å². The van der Waals surface area contributed by atoms with Gasteiger partial charge in [-0.25, -0.2) is 4.79 Å². The van der Waals surface area contributed by atoms with Crippen LogP contribution in [0.1, 0.15) is 31.9 Å². The Morgan fingerprint density at radius 2 is 2.00 bits per heavy atom. The molecule has 1 aromatic rings. The maximum atomic E-state index is 11.7. The lowest BCUT2D eigenvalue weighted by molar-refractivity contribution is 0.0509. The summed E-state index contributed by atoms with van der Waals surface area (Å²) in [5, 5.41) is 2.86. The molecule has 0 radical (unpaired) electrons. The van der Waals surface area contributed by atoms with Crippen LogP contribution < -0.4 is 5.32 Å². The van der Waals surface area contributed by atoms with Gasteiger partial charge in [0.05, 0.1) is 0 Å². The molecule has 1 unspecified atom stereocenters. The van der Waals surface area contributed by atoms with Gasteiger partial charge in [-0.3, -0.25) is 0 Å². The Morgan fingerprint density at radius 1 is 1.37 bits per heavy atom. The molecule has 0 saturated carbocycles. The molecule has 0 bridgehead atoms. The summed E-state index contributed by atoms with van der Waals surface area (Å²) in [6.45, 7) is 7.62. The fraction of sp³-hybridized carbons (Fsp3) is 0.533. The summed E-state index contributed by atoms with van der Waals surface area (Å²) in [5.74, 6) is 0.577. The summed E-state index contributed by atoms with van der Waals surface area (Å²) in [6.07, 6.45) is 0.371. The zero-order valence-corrected chi connectivity index (χ0v) is 13.0. The number of carbonyl (C=O) groups is 1. The van der Waals surface area contributed by atoms with Gasteiger partial charge in [0.15, 0.2) is 0 Å². The first kappa shape index (κ1) is 15.9. The third-order valence-electron chi connectivity index (χ3n) is 2.67. The van der Waals surface area contributed by atoms with Crippen molar-refractivity contribution >= 4 is 18.7 Å². The van der Waals surface area contributed by atoms with Crippen molar-refractivity contribution in [3.8, 4) is 0 Å². The Balaban J connectivity index is 2.60. The van der Waals surface area contributed by atoms with E-state index in [0.717, 1.165) is 6.42 Å². The third-order valence-corrected chi connectivity index (χ3v) is 3.11. The van der Waals surface area contributed by atoms with Gasteiger partial charge >= 0.3 is 6.09 Å². The van der Waals surface area contributed by atoms with Crippen molar-refractivity contribution in [3.63, 3.8) is 0 Å². The molecule has 0 saturated heterocycles. The van der Waals surface area contributed by atoms with E-state index in [1.807, 2.05) is 32.9 Å². The molecule has 3 nitrogen and oxygen atoms in total. The Kier molecular flexibility index (Phi) is 5.73. The van der Waals surface area contributed by atoms with E-state index < -0.39 is 5.60 Å². The molecule has 1 rings (SSSR count). The number of rotatable bonds is 4. The lowest BCUT2D eigenvalue weighted by atomic mass is 10.0. The molecule has 0 fully saturated rings. The van der Waals surface area contributed by atoms with Gasteiger partial charge in [0.1, 0.15) is 5.60 Å². The standard InChI is InChI=1S/C15H23NO2S/c1-11-7-5-6-8-12(11)9-13(10-19)16-14(17)18-15(2,3)4/h5-8,13,19H,9-10H2,1-4H3,(H,16,17). The predicted molar refractivity (Wildman–Crippen MR) is 81.9 cm³/mol. The second-order valence-corrected chi connectivity index (χ2v) is 6.02. The Bertz CT molecular complexity index is 426. The summed E-state index contributed by atoms with van der Waals surface area (Å²) < 4.78 is 5.25. The monoisotopic (exact) mass is 281 g/mol. The topological polar surface area (TPSA) is 38.3 Å². The first-order valence-electron chi connectivity index (χ1n) is 6.46. The molecule has 0 heterocycles. The lowest BCUT2D eigenvalue weighted by Gasteiger charge is -2.23. The molecule has 0 aliphatic rings. The molecule has 1 aromatic carbocycles. The third kappa shape index (κ3) is 6.01. The molecule has 106 valence electrons. The summed E-state index contributed by atoms with van der Waals surface area (Å²) >= 11 is 4.30. The largest absolute Gasteiger partial charge is 0.444 e. The van der Waals surface area contributed by atoms with Crippen LogP contribution in [0.25, 0.3) is 0 Å². The minimum Gasteiger partial charge on any atom is -0.444 e. The van der Waals surface area contributed by atoms with Crippen molar-refractivity contribution < 1.29 is 9.53 Å². The summed E-state index contributed by atoms with van der Waals surface area (Å²) in [6, 6.07) is 8.13. The number of aryl methyl sites for hydroxylation is 1. The normalized spacial score (nSPS) is 12.9. The van der Waals surface area contributed by atoms with Crippen molar-refractivity contribution in [3.05, 3.63) is 35.4 Å². The van der Waals surface area contributed by atoms with E-state index in [2.05, 4.69) is 37.0 Å². The molecule has 0 aliphatic carbocycles. The van der Waals surface area contributed by atoms with Gasteiger partial charge in [0.2, 0.25) is 0 Å². The number of hydrogen-bond donors (Lipinski definition) is 2. The maximum absolute atomic E-state index is 11.7. The van der Waals surface area contributed by atoms with Crippen LogP contribution in [0.15, 0.2) is 24.3 Å². The number of nitrogens with one attached hydrogen (secondary N) is 1. The zero-order valence-electron chi connectivity index (χ0n) is 12.1. The first-order valence-corrected chi connectivity index (χ1v) is 7.10. The number of amides is 1. The van der Waals surface area contributed by atoms with Gasteiger partial charge in [0, 0.05) is 11.8 Å². The van der Waals surface area contributed by atoms with E-state index in [0.29, 0.717) is 5.75 Å². The highest BCUT2D eigenvalue weighted by molar-refractivity contribution is 7.80. The second kappa shape index (κ2) is 6.85. The molecule has 0 aromatic heterocycles. The fourth-order valence-corrected chi connectivity index (χ4v) is 1.96. The number of alkyl carbamates (subject to hydrolysis) is 1. The van der Waals surface area contributed by atoms with Gasteiger partial charge in [-0.2, -0.15) is 12.6 Å². The van der Waals surface area contributed by atoms with Crippen LogP contribution in [0.2, 0.25) is 0 Å². The Hall–Kier alpha value is -1.16. The first-order chi connectivity index (χ1) is 8.81. The van der Waals surface area contributed by atoms with E-state index in [-0.39, 0.29) is 12.1 Å². The summed E-state index contributed by atoms with van der Waals surface area (Å²) in [5.41, 5.74) is 1.96. The van der Waals surface area contributed by atoms with Crippen molar-refractivity contribution in [2.75, 3.05) is 5.75 Å². The lowest BCUT2D eigenvalue weighted by Crippen LogP contribution is -2.41. The van der Waals surface area contributed by atoms with Crippen LogP contribution in [-0.4, -0.2) is 23.5 Å². The van der Waals surface area contributed by atoms with Crippen molar-refractivity contribution in [2.24, 2.45) is 0 Å². The van der Waals surface area contributed by atoms with Crippen LogP contribution in [0.4, 0.5) is 4.79 Å². The van der Waals surface area contributed by atoms with E-state index in [1.165, 1.54) is 11.1 Å². The molecule has 1 amide bonds. The second-order valence-electron chi connectivity index (χ2n) is 5.66. The number of ether oxygens (including phenoxy) is 1. The quantitative estimate of drug-likeness (QED) is 0.831. The molecule has 0 aliphatic heterocycles. The number of carbonyl (C=O) groups excluding carboxylic acids is 1. The minimum atomic E-state index is -0.478. The van der Waals surface area contributed by atoms with Gasteiger partial charge < -0.3 is 10.1 Å². The van der Waals surface area contributed by atoms with Gasteiger partial charge in [0.25, 0.3) is 0 Å². The van der Waals surface area contributed by atoms with E-state index in [4.69, 9.17) is 4.74 Å². The van der Waals surface area contributed by atoms with Crippen LogP contribution in [0, 0.1) is 6.92 Å². The molecular formula is C15H23NO2S. The van der Waals surface area contributed by atoms with Crippen LogP contribution in [-0.2, 0) is 11.2 Å². The van der Waals surface area contributed by atoms with Crippen LogP contribution >= 0.6 is 12.6 Å². The molecule has 4 heteroatoms. The van der Waals surface area contributed by atoms with E-state index in [9.17, 15) is 4.79 Å². The highest BCUT2D eigenvalue weighted by Crippen LogP contribution is 2.12. The predicted octanol–water partition coefficient (Wildman–Crippen LogP) is 3.36. The van der Waals surface area contributed by atoms with Crippen LogP contribution in [0.3, 0.4) is 0 Å². The van der Waals surface area contributed by atoms with Gasteiger partial charge in [-0.1, -0.05) is 24.3 Å². The van der Waals surface area contributed by atoms with Crippen LogP contribution in [0.5, 0.6) is 0 Å². The van der Waals surface area contributed by atoms with E-state index in [1.54, 1.807) is 0 Å². The average Bonchev–Trinajstić information content (AvgIpc) is 2.28. The summed E-state index contributed by atoms with van der Waals surface area (Å²) in [7, 11) is 0.